The molecule has 0 unspecified atom stereocenters. The minimum atomic E-state index is -3.24. The topological polar surface area (TPSA) is 132 Å². The van der Waals surface area contributed by atoms with Crippen LogP contribution in [0.1, 0.15) is 0 Å². The third-order valence-corrected chi connectivity index (χ3v) is 3.07. The molecule has 0 aliphatic carbocycles. The molecule has 0 aliphatic heterocycles. The van der Waals surface area contributed by atoms with Crippen molar-refractivity contribution in [3.8, 4) is 6.07 Å². The van der Waals surface area contributed by atoms with Crippen molar-refractivity contribution >= 4 is 27.1 Å². The summed E-state index contributed by atoms with van der Waals surface area (Å²) in [4.78, 5) is 0.184. The molecule has 7 nitrogen and oxygen atoms in total. The molecule has 0 aliphatic rings. The van der Waals surface area contributed by atoms with Gasteiger partial charge in [-0.1, -0.05) is 0 Å². The molecule has 18 heavy (non-hydrogen) atoms. The number of nitrogens with zero attached hydrogens (tertiary/aromatic N) is 2. The third-order valence-electron chi connectivity index (χ3n) is 1.94. The number of hydrogen-bond donors (Lipinski definition) is 3. The highest BCUT2D eigenvalue weighted by atomic mass is 32.2. The first kappa shape index (κ1) is 13.7. The maximum absolute atomic E-state index is 11.2. The van der Waals surface area contributed by atoms with Gasteiger partial charge in [-0.15, -0.1) is 0 Å². The molecule has 0 saturated heterocycles. The molecule has 1 rings (SSSR count). The Morgan fingerprint density at radius 3 is 2.39 bits per heavy atom. The summed E-state index contributed by atoms with van der Waals surface area (Å²) in [5.74, 6) is -0.447. The van der Waals surface area contributed by atoms with Crippen molar-refractivity contribution < 1.29 is 8.42 Å². The zero-order chi connectivity index (χ0) is 13.8. The fourth-order valence-electron chi connectivity index (χ4n) is 1.04. The highest BCUT2D eigenvalue weighted by molar-refractivity contribution is 7.90. The minimum absolute atomic E-state index is 0.184. The average molecular weight is 265 g/mol. The molecule has 1 aromatic carbocycles. The molecule has 0 fully saturated rings. The Balaban J connectivity index is 2.89. The molecule has 0 saturated carbocycles. The van der Waals surface area contributed by atoms with Crippen molar-refractivity contribution in [2.45, 2.75) is 4.90 Å². The highest BCUT2D eigenvalue weighted by Crippen LogP contribution is 2.13. The van der Waals surface area contributed by atoms with Crippen LogP contribution in [0.2, 0.25) is 0 Å². The van der Waals surface area contributed by atoms with Crippen LogP contribution in [0.5, 0.6) is 0 Å². The van der Waals surface area contributed by atoms with Gasteiger partial charge in [-0.2, -0.15) is 10.4 Å². The van der Waals surface area contributed by atoms with Gasteiger partial charge in [-0.05, 0) is 24.3 Å². The Morgan fingerprint density at radius 2 is 2.00 bits per heavy atom. The molecule has 0 aromatic heterocycles. The van der Waals surface area contributed by atoms with Crippen LogP contribution in [0.3, 0.4) is 0 Å². The summed E-state index contributed by atoms with van der Waals surface area (Å²) in [6.07, 6.45) is 1.11. The van der Waals surface area contributed by atoms with Gasteiger partial charge in [-0.3, -0.25) is 10.8 Å². The van der Waals surface area contributed by atoms with E-state index in [0.717, 1.165) is 6.26 Å². The van der Waals surface area contributed by atoms with E-state index in [2.05, 4.69) is 10.5 Å². The summed E-state index contributed by atoms with van der Waals surface area (Å²) in [5.41, 5.74) is 7.84. The monoisotopic (exact) mass is 265 g/mol. The van der Waals surface area contributed by atoms with E-state index in [0.29, 0.717) is 5.69 Å². The number of hydrogen-bond acceptors (Lipinski definition) is 6. The van der Waals surface area contributed by atoms with Crippen LogP contribution in [0, 0.1) is 16.7 Å². The summed E-state index contributed by atoms with van der Waals surface area (Å²) >= 11 is 0. The Labute approximate surface area is 104 Å². The Morgan fingerprint density at radius 1 is 1.44 bits per heavy atom. The van der Waals surface area contributed by atoms with Crippen LogP contribution in [0.4, 0.5) is 5.69 Å². The summed E-state index contributed by atoms with van der Waals surface area (Å²) in [6.45, 7) is 0. The van der Waals surface area contributed by atoms with Gasteiger partial charge in [0.25, 0.3) is 0 Å². The number of amidine groups is 1. The maximum Gasteiger partial charge on any atom is 0.201 e. The summed E-state index contributed by atoms with van der Waals surface area (Å²) in [5, 5.41) is 19.3. The lowest BCUT2D eigenvalue weighted by atomic mass is 10.3. The maximum atomic E-state index is 11.2. The number of nitrogens with two attached hydrogens (primary N) is 1. The van der Waals surface area contributed by atoms with Gasteiger partial charge in [0.1, 0.15) is 6.07 Å². The first-order valence-electron chi connectivity index (χ1n) is 4.73. The Hall–Kier alpha value is -2.40. The van der Waals surface area contributed by atoms with Crippen LogP contribution < -0.4 is 11.2 Å². The van der Waals surface area contributed by atoms with Gasteiger partial charge in [0, 0.05) is 6.26 Å². The Bertz CT molecular complexity index is 625. The number of rotatable bonds is 4. The average Bonchev–Trinajstić information content (AvgIpc) is 2.29. The first-order chi connectivity index (χ1) is 8.34. The normalized spacial score (nSPS) is 11.7. The summed E-state index contributed by atoms with van der Waals surface area (Å²) < 4.78 is 22.4. The van der Waals surface area contributed by atoms with Crippen LogP contribution in [0.15, 0.2) is 34.3 Å². The minimum Gasteiger partial charge on any atom is -0.382 e. The molecule has 0 bridgehead atoms. The number of nitrogens with one attached hydrogen (secondary N) is 2. The second kappa shape index (κ2) is 5.29. The van der Waals surface area contributed by atoms with Gasteiger partial charge < -0.3 is 5.73 Å². The van der Waals surface area contributed by atoms with E-state index >= 15 is 0 Å². The summed E-state index contributed by atoms with van der Waals surface area (Å²) in [6, 6.07) is 7.46. The van der Waals surface area contributed by atoms with Gasteiger partial charge in [-0.25, -0.2) is 8.42 Å². The van der Waals surface area contributed by atoms with Crippen molar-refractivity contribution in [2.24, 2.45) is 10.8 Å². The second-order valence-corrected chi connectivity index (χ2v) is 5.41. The fourth-order valence-corrected chi connectivity index (χ4v) is 1.67. The van der Waals surface area contributed by atoms with E-state index in [-0.39, 0.29) is 10.6 Å². The van der Waals surface area contributed by atoms with Gasteiger partial charge in [0.2, 0.25) is 5.71 Å². The second-order valence-electron chi connectivity index (χ2n) is 3.39. The van der Waals surface area contributed by atoms with E-state index in [9.17, 15) is 8.42 Å². The standard InChI is InChI=1S/C10H11N5O2S/c1-18(16,17)8-4-2-7(3-5-8)14-15-9(6-11)10(12)13/h2-5,14H,1H3,(H3,12,13)/b15-9+. The SMILES string of the molecule is CS(=O)(=O)c1ccc(N/N=C(\C#N)C(=N)N)cc1. The van der Waals surface area contributed by atoms with Crippen LogP contribution in [-0.4, -0.2) is 26.2 Å². The molecule has 0 amide bonds. The van der Waals surface area contributed by atoms with Crippen molar-refractivity contribution in [1.82, 2.24) is 0 Å². The number of benzene rings is 1. The quantitative estimate of drug-likeness (QED) is 0.409. The van der Waals surface area contributed by atoms with Crippen molar-refractivity contribution in [1.29, 1.82) is 10.7 Å². The molecule has 94 valence electrons. The van der Waals surface area contributed by atoms with E-state index < -0.39 is 15.7 Å². The summed E-state index contributed by atoms with van der Waals surface area (Å²) in [7, 11) is -3.24. The van der Waals surface area contributed by atoms with E-state index in [1.165, 1.54) is 24.3 Å². The zero-order valence-corrected chi connectivity index (χ0v) is 10.3. The third kappa shape index (κ3) is 3.57. The fraction of sp³-hybridized carbons (Fsp3) is 0.100. The largest absolute Gasteiger partial charge is 0.382 e. The predicted molar refractivity (Wildman–Crippen MR) is 68.1 cm³/mol. The molecule has 0 radical (unpaired) electrons. The first-order valence-corrected chi connectivity index (χ1v) is 6.62. The molecule has 1 aromatic rings. The molecule has 8 heteroatoms. The Kier molecular flexibility index (Phi) is 4.01. The molecular formula is C10H11N5O2S. The van der Waals surface area contributed by atoms with E-state index in [1.807, 2.05) is 0 Å². The van der Waals surface area contributed by atoms with Gasteiger partial charge >= 0.3 is 0 Å². The highest BCUT2D eigenvalue weighted by Gasteiger charge is 2.06. The lowest BCUT2D eigenvalue weighted by Gasteiger charge is -2.02. The van der Waals surface area contributed by atoms with Crippen molar-refractivity contribution in [3.63, 3.8) is 0 Å². The van der Waals surface area contributed by atoms with Crippen LogP contribution in [0.25, 0.3) is 0 Å². The van der Waals surface area contributed by atoms with Crippen LogP contribution >= 0.6 is 0 Å². The zero-order valence-electron chi connectivity index (χ0n) is 9.51. The molecule has 4 N–H and O–H groups in total. The lowest BCUT2D eigenvalue weighted by Crippen LogP contribution is -2.21. The number of nitriles is 1. The number of anilines is 1. The van der Waals surface area contributed by atoms with E-state index in [4.69, 9.17) is 16.4 Å². The van der Waals surface area contributed by atoms with Crippen LogP contribution in [-0.2, 0) is 9.84 Å². The van der Waals surface area contributed by atoms with E-state index in [1.54, 1.807) is 6.07 Å². The predicted octanol–water partition coefficient (Wildman–Crippen LogP) is 0.318. The molecular weight excluding hydrogens is 254 g/mol. The molecule has 0 spiro atoms. The number of sulfone groups is 1. The lowest BCUT2D eigenvalue weighted by molar-refractivity contribution is 0.602. The number of hydrazone groups is 1. The van der Waals surface area contributed by atoms with Crippen molar-refractivity contribution in [2.75, 3.05) is 11.7 Å². The molecule has 0 atom stereocenters. The van der Waals surface area contributed by atoms with Gasteiger partial charge in [0.15, 0.2) is 15.7 Å². The molecule has 0 heterocycles. The smallest absolute Gasteiger partial charge is 0.201 e. The van der Waals surface area contributed by atoms with Gasteiger partial charge in [0.05, 0.1) is 10.6 Å². The van der Waals surface area contributed by atoms with Crippen molar-refractivity contribution in [3.05, 3.63) is 24.3 Å².